The summed E-state index contributed by atoms with van der Waals surface area (Å²) in [7, 11) is 0. The van der Waals surface area contributed by atoms with Crippen LogP contribution in [-0.4, -0.2) is 43.9 Å². The third kappa shape index (κ3) is 3.37. The predicted molar refractivity (Wildman–Crippen MR) is 83.3 cm³/mol. The average Bonchev–Trinajstić information content (AvgIpc) is 3.08. The third-order valence-corrected chi connectivity index (χ3v) is 4.36. The van der Waals surface area contributed by atoms with E-state index in [-0.39, 0.29) is 5.91 Å². The summed E-state index contributed by atoms with van der Waals surface area (Å²) in [6.45, 7) is 6.08. The first-order valence-corrected chi connectivity index (χ1v) is 7.87. The molecule has 1 aliphatic rings. The van der Waals surface area contributed by atoms with E-state index in [4.69, 9.17) is 0 Å². The van der Waals surface area contributed by atoms with Crippen LogP contribution in [0.15, 0.2) is 18.6 Å². The molecule has 1 amide bonds. The number of rotatable bonds is 4. The van der Waals surface area contributed by atoms with Crippen LogP contribution in [0.25, 0.3) is 0 Å². The van der Waals surface area contributed by atoms with Gasteiger partial charge in [0.05, 0.1) is 12.4 Å². The summed E-state index contributed by atoms with van der Waals surface area (Å²) in [6, 6.07) is 0. The Morgan fingerprint density at radius 3 is 2.95 bits per heavy atom. The minimum absolute atomic E-state index is 0.161. The van der Waals surface area contributed by atoms with Gasteiger partial charge in [0.1, 0.15) is 6.54 Å². The second-order valence-electron chi connectivity index (χ2n) is 6.30. The van der Waals surface area contributed by atoms with Gasteiger partial charge < -0.3 is 4.90 Å². The largest absolute Gasteiger partial charge is 0.341 e. The van der Waals surface area contributed by atoms with Gasteiger partial charge in [0.25, 0.3) is 0 Å². The van der Waals surface area contributed by atoms with Crippen molar-refractivity contribution in [1.82, 2.24) is 24.9 Å². The number of carbonyl (C=O) groups excluding carboxylic acids is 1. The van der Waals surface area contributed by atoms with Gasteiger partial charge in [0.2, 0.25) is 5.91 Å². The van der Waals surface area contributed by atoms with Gasteiger partial charge in [0.15, 0.2) is 0 Å². The lowest BCUT2D eigenvalue weighted by Crippen LogP contribution is -2.42. The topological polar surface area (TPSA) is 66.8 Å². The van der Waals surface area contributed by atoms with Crippen molar-refractivity contribution in [3.05, 3.63) is 35.4 Å². The zero-order valence-corrected chi connectivity index (χ0v) is 13.2. The average molecular weight is 301 g/mol. The third-order valence-electron chi connectivity index (χ3n) is 4.36. The first kappa shape index (κ1) is 14.8. The Kier molecular flexibility index (Phi) is 4.27. The molecule has 1 atom stereocenters. The quantitative estimate of drug-likeness (QED) is 0.934. The molecule has 22 heavy (non-hydrogen) atoms. The number of aromatic nitrogens is 4. The van der Waals surface area contributed by atoms with Gasteiger partial charge in [-0.15, -0.1) is 0 Å². The first-order valence-electron chi connectivity index (χ1n) is 7.87. The molecule has 1 N–H and O–H groups in total. The number of piperidine rings is 1. The molecule has 2 aromatic rings. The predicted octanol–water partition coefficient (Wildman–Crippen LogP) is 1.70. The van der Waals surface area contributed by atoms with E-state index < -0.39 is 0 Å². The lowest BCUT2D eigenvalue weighted by Gasteiger charge is -2.32. The van der Waals surface area contributed by atoms with Crippen LogP contribution in [0.1, 0.15) is 29.7 Å². The summed E-state index contributed by atoms with van der Waals surface area (Å²) in [5.41, 5.74) is 3.48. The van der Waals surface area contributed by atoms with Crippen molar-refractivity contribution in [1.29, 1.82) is 0 Å². The number of H-pyrrole nitrogens is 1. The van der Waals surface area contributed by atoms with Crippen LogP contribution in [0.3, 0.4) is 0 Å². The van der Waals surface area contributed by atoms with E-state index in [1.54, 1.807) is 10.9 Å². The van der Waals surface area contributed by atoms with E-state index in [1.807, 2.05) is 24.2 Å². The monoisotopic (exact) mass is 301 g/mol. The van der Waals surface area contributed by atoms with Crippen molar-refractivity contribution >= 4 is 5.91 Å². The molecular formula is C16H23N5O. The van der Waals surface area contributed by atoms with Crippen molar-refractivity contribution in [3.63, 3.8) is 0 Å². The molecule has 0 aliphatic carbocycles. The molecule has 0 radical (unpaired) electrons. The number of nitrogens with one attached hydrogen (secondary N) is 1. The summed E-state index contributed by atoms with van der Waals surface area (Å²) in [6.07, 6.45) is 8.77. The molecule has 0 bridgehead atoms. The SMILES string of the molecule is Cc1cnn(CC(=O)N2CCC[C@H](Cc3[nH]ncc3C)C2)c1. The number of carbonyl (C=O) groups is 1. The molecule has 6 nitrogen and oxygen atoms in total. The van der Waals surface area contributed by atoms with Crippen molar-refractivity contribution in [3.8, 4) is 0 Å². The molecule has 0 spiro atoms. The highest BCUT2D eigenvalue weighted by molar-refractivity contribution is 5.76. The number of likely N-dealkylation sites (tertiary alicyclic amines) is 1. The van der Waals surface area contributed by atoms with Crippen LogP contribution in [0.4, 0.5) is 0 Å². The molecule has 3 heterocycles. The Labute approximate surface area is 130 Å². The standard InChI is InChI=1S/C16H23N5O/c1-12-7-18-21(9-12)11-16(22)20-5-3-4-14(10-20)6-15-13(2)8-17-19-15/h7-9,14H,3-6,10-11H2,1-2H3,(H,17,19)/t14-/m1/s1. The van der Waals surface area contributed by atoms with Gasteiger partial charge in [-0.05, 0) is 50.2 Å². The minimum atomic E-state index is 0.161. The number of aromatic amines is 1. The smallest absolute Gasteiger partial charge is 0.244 e. The van der Waals surface area contributed by atoms with Gasteiger partial charge in [-0.25, -0.2) is 0 Å². The molecule has 3 rings (SSSR count). The molecule has 2 aromatic heterocycles. The Balaban J connectivity index is 1.58. The molecule has 118 valence electrons. The zero-order chi connectivity index (χ0) is 15.5. The van der Waals surface area contributed by atoms with E-state index >= 15 is 0 Å². The van der Waals surface area contributed by atoms with E-state index in [0.29, 0.717) is 12.5 Å². The van der Waals surface area contributed by atoms with Gasteiger partial charge in [0, 0.05) is 25.0 Å². The molecule has 1 aliphatic heterocycles. The summed E-state index contributed by atoms with van der Waals surface area (Å²) < 4.78 is 1.72. The number of nitrogens with zero attached hydrogens (tertiary/aromatic N) is 4. The van der Waals surface area contributed by atoms with E-state index in [2.05, 4.69) is 22.2 Å². The van der Waals surface area contributed by atoms with Gasteiger partial charge in [-0.3, -0.25) is 14.6 Å². The molecule has 0 unspecified atom stereocenters. The Hall–Kier alpha value is -2.11. The van der Waals surface area contributed by atoms with Gasteiger partial charge >= 0.3 is 0 Å². The lowest BCUT2D eigenvalue weighted by molar-refractivity contribution is -0.133. The number of hydrogen-bond donors (Lipinski definition) is 1. The second kappa shape index (κ2) is 6.34. The van der Waals surface area contributed by atoms with Crippen molar-refractivity contribution in [2.45, 2.75) is 39.7 Å². The Bertz CT molecular complexity index is 645. The molecule has 1 saturated heterocycles. The van der Waals surface area contributed by atoms with Crippen molar-refractivity contribution in [2.24, 2.45) is 5.92 Å². The number of amides is 1. The van der Waals surface area contributed by atoms with Gasteiger partial charge in [-0.2, -0.15) is 10.2 Å². The Morgan fingerprint density at radius 2 is 2.27 bits per heavy atom. The molecule has 0 saturated carbocycles. The second-order valence-corrected chi connectivity index (χ2v) is 6.30. The maximum Gasteiger partial charge on any atom is 0.244 e. The lowest BCUT2D eigenvalue weighted by atomic mass is 9.92. The fraction of sp³-hybridized carbons (Fsp3) is 0.562. The highest BCUT2D eigenvalue weighted by atomic mass is 16.2. The summed E-state index contributed by atoms with van der Waals surface area (Å²) >= 11 is 0. The fourth-order valence-corrected chi connectivity index (χ4v) is 3.12. The molecule has 1 fully saturated rings. The van der Waals surface area contributed by atoms with Crippen LogP contribution in [0, 0.1) is 19.8 Å². The van der Waals surface area contributed by atoms with Crippen molar-refractivity contribution < 1.29 is 4.79 Å². The zero-order valence-electron chi connectivity index (χ0n) is 13.2. The normalized spacial score (nSPS) is 18.6. The fourth-order valence-electron chi connectivity index (χ4n) is 3.12. The Morgan fingerprint density at radius 1 is 1.41 bits per heavy atom. The maximum atomic E-state index is 12.4. The van der Waals surface area contributed by atoms with Crippen LogP contribution >= 0.6 is 0 Å². The van der Waals surface area contributed by atoms with E-state index in [0.717, 1.165) is 31.5 Å². The van der Waals surface area contributed by atoms with E-state index in [9.17, 15) is 4.79 Å². The molecular weight excluding hydrogens is 278 g/mol. The summed E-state index contributed by atoms with van der Waals surface area (Å²) in [5, 5.41) is 11.4. The number of hydrogen-bond acceptors (Lipinski definition) is 3. The highest BCUT2D eigenvalue weighted by Gasteiger charge is 2.24. The maximum absolute atomic E-state index is 12.4. The molecule has 0 aromatic carbocycles. The summed E-state index contributed by atoms with van der Waals surface area (Å²) in [5.74, 6) is 0.672. The van der Waals surface area contributed by atoms with Crippen molar-refractivity contribution in [2.75, 3.05) is 13.1 Å². The van der Waals surface area contributed by atoms with Crippen LogP contribution in [-0.2, 0) is 17.8 Å². The highest BCUT2D eigenvalue weighted by Crippen LogP contribution is 2.21. The van der Waals surface area contributed by atoms with E-state index in [1.165, 1.54) is 17.7 Å². The van der Waals surface area contributed by atoms with Crippen LogP contribution in [0.2, 0.25) is 0 Å². The van der Waals surface area contributed by atoms with Gasteiger partial charge in [-0.1, -0.05) is 0 Å². The summed E-state index contributed by atoms with van der Waals surface area (Å²) in [4.78, 5) is 14.4. The van der Waals surface area contributed by atoms with Crippen LogP contribution in [0.5, 0.6) is 0 Å². The number of aryl methyl sites for hydroxylation is 2. The van der Waals surface area contributed by atoms with Crippen LogP contribution < -0.4 is 0 Å². The molecule has 6 heteroatoms. The first-order chi connectivity index (χ1) is 10.6. The minimum Gasteiger partial charge on any atom is -0.341 e.